The molecular formula is C12H7F2IN2O. The lowest BCUT2D eigenvalue weighted by atomic mass is 10.2. The Morgan fingerprint density at radius 1 is 1.28 bits per heavy atom. The highest BCUT2D eigenvalue weighted by Gasteiger charge is 2.13. The summed E-state index contributed by atoms with van der Waals surface area (Å²) in [5.74, 6) is -1.86. The maximum absolute atomic E-state index is 13.3. The van der Waals surface area contributed by atoms with Crippen molar-refractivity contribution in [1.29, 1.82) is 0 Å². The van der Waals surface area contributed by atoms with Crippen molar-refractivity contribution < 1.29 is 13.6 Å². The van der Waals surface area contributed by atoms with Crippen molar-refractivity contribution in [2.24, 2.45) is 0 Å². The molecule has 1 aromatic heterocycles. The van der Waals surface area contributed by atoms with Crippen LogP contribution in [0.2, 0.25) is 0 Å². The average molecular weight is 360 g/mol. The first-order chi connectivity index (χ1) is 8.58. The molecule has 18 heavy (non-hydrogen) atoms. The summed E-state index contributed by atoms with van der Waals surface area (Å²) < 4.78 is 26.7. The van der Waals surface area contributed by atoms with Crippen LogP contribution in [0.5, 0.6) is 0 Å². The fraction of sp³-hybridized carbons (Fsp3) is 0. The van der Waals surface area contributed by atoms with Crippen molar-refractivity contribution in [2.75, 3.05) is 5.32 Å². The number of rotatable bonds is 2. The van der Waals surface area contributed by atoms with Gasteiger partial charge in [0.25, 0.3) is 5.91 Å². The molecule has 0 fully saturated rings. The topological polar surface area (TPSA) is 42.0 Å². The van der Waals surface area contributed by atoms with Gasteiger partial charge in [0.05, 0.1) is 11.3 Å². The van der Waals surface area contributed by atoms with Crippen LogP contribution in [0.1, 0.15) is 10.4 Å². The molecule has 1 amide bonds. The number of anilines is 1. The standard InChI is InChI=1S/C12H7F2IN2O/c13-7-3-4-10(9(15)6-7)17-12(18)8-2-1-5-16-11(8)14/h1-6H,(H,17,18). The SMILES string of the molecule is O=C(Nc1ccc(F)cc1I)c1cccnc1F. The minimum absolute atomic E-state index is 0.155. The molecular weight excluding hydrogens is 353 g/mol. The van der Waals surface area contributed by atoms with Gasteiger partial charge >= 0.3 is 0 Å². The lowest BCUT2D eigenvalue weighted by Gasteiger charge is -2.07. The summed E-state index contributed by atoms with van der Waals surface area (Å²) in [4.78, 5) is 15.2. The van der Waals surface area contributed by atoms with Crippen molar-refractivity contribution in [2.45, 2.75) is 0 Å². The third-order valence-corrected chi connectivity index (χ3v) is 3.08. The number of benzene rings is 1. The summed E-state index contributed by atoms with van der Waals surface area (Å²) in [6.07, 6.45) is 1.26. The van der Waals surface area contributed by atoms with Crippen LogP contribution in [-0.4, -0.2) is 10.9 Å². The van der Waals surface area contributed by atoms with E-state index in [4.69, 9.17) is 0 Å². The van der Waals surface area contributed by atoms with Gasteiger partial charge in [-0.25, -0.2) is 9.37 Å². The minimum atomic E-state index is -0.841. The summed E-state index contributed by atoms with van der Waals surface area (Å²) in [5, 5.41) is 2.50. The molecule has 0 aliphatic rings. The molecule has 0 aliphatic heterocycles. The molecule has 6 heteroatoms. The van der Waals surface area contributed by atoms with Crippen LogP contribution >= 0.6 is 22.6 Å². The number of halogens is 3. The summed E-state index contributed by atoms with van der Waals surface area (Å²) in [6.45, 7) is 0. The van der Waals surface area contributed by atoms with E-state index in [1.165, 1.54) is 36.5 Å². The molecule has 1 heterocycles. The van der Waals surface area contributed by atoms with Gasteiger partial charge in [-0.1, -0.05) is 0 Å². The fourth-order valence-corrected chi connectivity index (χ4v) is 1.95. The lowest BCUT2D eigenvalue weighted by molar-refractivity contribution is 0.102. The van der Waals surface area contributed by atoms with Gasteiger partial charge in [-0.3, -0.25) is 4.79 Å². The molecule has 0 aliphatic carbocycles. The molecule has 2 rings (SSSR count). The van der Waals surface area contributed by atoms with Crippen LogP contribution in [0, 0.1) is 15.3 Å². The number of nitrogens with one attached hydrogen (secondary N) is 1. The van der Waals surface area contributed by atoms with E-state index in [1.807, 2.05) is 22.6 Å². The van der Waals surface area contributed by atoms with E-state index in [1.54, 1.807) is 0 Å². The predicted octanol–water partition coefficient (Wildman–Crippen LogP) is 3.22. The summed E-state index contributed by atoms with van der Waals surface area (Å²) in [5.41, 5.74) is 0.267. The molecule has 0 unspecified atom stereocenters. The number of carbonyl (C=O) groups is 1. The Bertz CT molecular complexity index is 604. The summed E-state index contributed by atoms with van der Waals surface area (Å²) >= 11 is 1.88. The fourth-order valence-electron chi connectivity index (χ4n) is 1.34. The van der Waals surface area contributed by atoms with Gasteiger partial charge in [0.2, 0.25) is 5.95 Å². The average Bonchev–Trinajstić information content (AvgIpc) is 2.33. The van der Waals surface area contributed by atoms with Crippen LogP contribution in [0.25, 0.3) is 0 Å². The van der Waals surface area contributed by atoms with Gasteiger partial charge < -0.3 is 5.32 Å². The zero-order valence-corrected chi connectivity index (χ0v) is 11.1. The van der Waals surface area contributed by atoms with Gasteiger partial charge in [0.1, 0.15) is 5.82 Å². The Morgan fingerprint density at radius 2 is 2.06 bits per heavy atom. The molecule has 0 saturated heterocycles. The first-order valence-electron chi connectivity index (χ1n) is 4.95. The van der Waals surface area contributed by atoms with Crippen molar-refractivity contribution >= 4 is 34.2 Å². The Kier molecular flexibility index (Phi) is 3.85. The van der Waals surface area contributed by atoms with Crippen LogP contribution in [0.15, 0.2) is 36.5 Å². The Hall–Kier alpha value is -1.57. The van der Waals surface area contributed by atoms with E-state index >= 15 is 0 Å². The Balaban J connectivity index is 2.24. The second-order valence-corrected chi connectivity index (χ2v) is 4.58. The maximum atomic E-state index is 13.3. The van der Waals surface area contributed by atoms with Gasteiger partial charge in [0, 0.05) is 9.77 Å². The van der Waals surface area contributed by atoms with Gasteiger partial charge in [0.15, 0.2) is 0 Å². The molecule has 2 aromatic rings. The molecule has 0 atom stereocenters. The third-order valence-electron chi connectivity index (χ3n) is 2.18. The maximum Gasteiger partial charge on any atom is 0.260 e. The largest absolute Gasteiger partial charge is 0.321 e. The van der Waals surface area contributed by atoms with Crippen LogP contribution in [0.4, 0.5) is 14.5 Å². The summed E-state index contributed by atoms with van der Waals surface area (Å²) in [7, 11) is 0. The molecule has 1 aromatic carbocycles. The van der Waals surface area contributed by atoms with E-state index in [0.717, 1.165) is 0 Å². The monoisotopic (exact) mass is 360 g/mol. The molecule has 3 nitrogen and oxygen atoms in total. The van der Waals surface area contributed by atoms with E-state index in [-0.39, 0.29) is 5.56 Å². The van der Waals surface area contributed by atoms with Crippen LogP contribution in [0.3, 0.4) is 0 Å². The quantitative estimate of drug-likeness (QED) is 0.660. The van der Waals surface area contributed by atoms with Gasteiger partial charge in [-0.05, 0) is 52.9 Å². The van der Waals surface area contributed by atoms with Crippen molar-refractivity contribution in [3.63, 3.8) is 0 Å². The number of amides is 1. The number of aromatic nitrogens is 1. The number of pyridine rings is 1. The number of carbonyl (C=O) groups excluding carboxylic acids is 1. The zero-order chi connectivity index (χ0) is 13.1. The third kappa shape index (κ3) is 2.81. The van der Waals surface area contributed by atoms with Crippen molar-refractivity contribution in [3.8, 4) is 0 Å². The van der Waals surface area contributed by atoms with Crippen molar-refractivity contribution in [3.05, 3.63) is 57.4 Å². The molecule has 1 N–H and O–H groups in total. The highest BCUT2D eigenvalue weighted by atomic mass is 127. The van der Waals surface area contributed by atoms with E-state index < -0.39 is 17.7 Å². The molecule has 92 valence electrons. The molecule has 0 bridgehead atoms. The zero-order valence-electron chi connectivity index (χ0n) is 8.95. The predicted molar refractivity (Wildman–Crippen MR) is 71.3 cm³/mol. The second-order valence-electron chi connectivity index (χ2n) is 3.42. The van der Waals surface area contributed by atoms with Crippen LogP contribution < -0.4 is 5.32 Å². The molecule has 0 saturated carbocycles. The molecule has 0 radical (unpaired) electrons. The first-order valence-corrected chi connectivity index (χ1v) is 6.03. The first kappa shape index (κ1) is 12.9. The van der Waals surface area contributed by atoms with E-state index in [9.17, 15) is 13.6 Å². The normalized spacial score (nSPS) is 10.2. The molecule has 0 spiro atoms. The van der Waals surface area contributed by atoms with E-state index in [0.29, 0.717) is 9.26 Å². The lowest BCUT2D eigenvalue weighted by Crippen LogP contribution is -2.15. The smallest absolute Gasteiger partial charge is 0.260 e. The number of nitrogens with zero attached hydrogens (tertiary/aromatic N) is 1. The van der Waals surface area contributed by atoms with Gasteiger partial charge in [-0.2, -0.15) is 4.39 Å². The van der Waals surface area contributed by atoms with Gasteiger partial charge in [-0.15, -0.1) is 0 Å². The van der Waals surface area contributed by atoms with Crippen molar-refractivity contribution in [1.82, 2.24) is 4.98 Å². The Morgan fingerprint density at radius 3 is 2.72 bits per heavy atom. The van der Waals surface area contributed by atoms with Crippen LogP contribution in [-0.2, 0) is 0 Å². The highest BCUT2D eigenvalue weighted by molar-refractivity contribution is 14.1. The second kappa shape index (κ2) is 5.38. The number of hydrogen-bond acceptors (Lipinski definition) is 2. The Labute approximate surface area is 115 Å². The minimum Gasteiger partial charge on any atom is -0.321 e. The summed E-state index contributed by atoms with van der Waals surface area (Å²) in [6, 6.07) is 6.71. The van der Waals surface area contributed by atoms with E-state index in [2.05, 4.69) is 10.3 Å². The number of hydrogen-bond donors (Lipinski definition) is 1. The highest BCUT2D eigenvalue weighted by Crippen LogP contribution is 2.20.